The topological polar surface area (TPSA) is 90.2 Å². The number of benzene rings is 2. The summed E-state index contributed by atoms with van der Waals surface area (Å²) >= 11 is 0. The molecule has 2 aromatic carbocycles. The SMILES string of the molecule is CC(=O)c1ccc(-n2cnc(/C(=C(\C)N)N(N)c3ccc(F)cc3)c2)cc1. The lowest BCUT2D eigenvalue weighted by molar-refractivity contribution is 0.101. The maximum Gasteiger partial charge on any atom is 0.159 e. The molecule has 0 atom stereocenters. The zero-order valence-electron chi connectivity index (χ0n) is 15.1. The maximum absolute atomic E-state index is 13.2. The van der Waals surface area contributed by atoms with Gasteiger partial charge in [0.25, 0.3) is 0 Å². The predicted octanol–water partition coefficient (Wildman–Crippen LogP) is 3.24. The van der Waals surface area contributed by atoms with Crippen LogP contribution in [0.2, 0.25) is 0 Å². The Balaban J connectivity index is 1.93. The fourth-order valence-electron chi connectivity index (χ4n) is 2.70. The van der Waals surface area contributed by atoms with E-state index in [1.165, 1.54) is 24.1 Å². The zero-order chi connectivity index (χ0) is 19.6. The first-order valence-electron chi connectivity index (χ1n) is 8.29. The summed E-state index contributed by atoms with van der Waals surface area (Å²) in [6.07, 6.45) is 3.43. The van der Waals surface area contributed by atoms with Crippen molar-refractivity contribution in [3.05, 3.63) is 83.8 Å². The van der Waals surface area contributed by atoms with Crippen LogP contribution in [-0.4, -0.2) is 15.3 Å². The molecule has 0 saturated carbocycles. The second-order valence-corrected chi connectivity index (χ2v) is 6.15. The highest BCUT2D eigenvalue weighted by Crippen LogP contribution is 2.24. The molecule has 3 rings (SSSR count). The zero-order valence-corrected chi connectivity index (χ0v) is 15.1. The van der Waals surface area contributed by atoms with Gasteiger partial charge in [0.2, 0.25) is 0 Å². The van der Waals surface area contributed by atoms with E-state index in [0.717, 1.165) is 5.69 Å². The van der Waals surface area contributed by atoms with Crippen LogP contribution in [0, 0.1) is 5.82 Å². The van der Waals surface area contributed by atoms with E-state index in [9.17, 15) is 9.18 Å². The van der Waals surface area contributed by atoms with Crippen LogP contribution >= 0.6 is 0 Å². The van der Waals surface area contributed by atoms with Crippen molar-refractivity contribution >= 4 is 17.2 Å². The third-order valence-electron chi connectivity index (χ3n) is 4.12. The fraction of sp³-hybridized carbons (Fsp3) is 0.100. The lowest BCUT2D eigenvalue weighted by atomic mass is 10.1. The number of imidazole rings is 1. The molecule has 1 aromatic heterocycles. The van der Waals surface area contributed by atoms with E-state index >= 15 is 0 Å². The molecular formula is C20H20FN5O. The number of nitrogens with two attached hydrogens (primary N) is 2. The van der Waals surface area contributed by atoms with Gasteiger partial charge in [0, 0.05) is 23.1 Å². The van der Waals surface area contributed by atoms with Crippen LogP contribution in [0.5, 0.6) is 0 Å². The lowest BCUT2D eigenvalue weighted by Crippen LogP contribution is -2.31. The van der Waals surface area contributed by atoms with Gasteiger partial charge in [-0.2, -0.15) is 0 Å². The highest BCUT2D eigenvalue weighted by atomic mass is 19.1. The Morgan fingerprint density at radius 1 is 1.07 bits per heavy atom. The quantitative estimate of drug-likeness (QED) is 0.411. The monoisotopic (exact) mass is 365 g/mol. The number of Topliss-reactive ketones (excluding diaryl/α,β-unsaturated/α-hetero) is 1. The Morgan fingerprint density at radius 3 is 2.26 bits per heavy atom. The van der Waals surface area contributed by atoms with Crippen molar-refractivity contribution < 1.29 is 9.18 Å². The molecule has 0 unspecified atom stereocenters. The normalized spacial score (nSPS) is 11.9. The van der Waals surface area contributed by atoms with Gasteiger partial charge in [0.05, 0.1) is 12.0 Å². The highest BCUT2D eigenvalue weighted by Gasteiger charge is 2.16. The van der Waals surface area contributed by atoms with Gasteiger partial charge in [-0.1, -0.05) is 0 Å². The van der Waals surface area contributed by atoms with Gasteiger partial charge >= 0.3 is 0 Å². The fourth-order valence-corrected chi connectivity index (χ4v) is 2.70. The van der Waals surface area contributed by atoms with Crippen LogP contribution in [0.4, 0.5) is 10.1 Å². The molecule has 138 valence electrons. The molecule has 0 aliphatic heterocycles. The number of hydrogen-bond acceptors (Lipinski definition) is 5. The van der Waals surface area contributed by atoms with Crippen LogP contribution < -0.4 is 16.6 Å². The van der Waals surface area contributed by atoms with Crippen molar-refractivity contribution in [2.24, 2.45) is 11.6 Å². The summed E-state index contributed by atoms with van der Waals surface area (Å²) in [6, 6.07) is 13.0. The minimum absolute atomic E-state index is 0.00918. The summed E-state index contributed by atoms with van der Waals surface area (Å²) < 4.78 is 15.0. The summed E-state index contributed by atoms with van der Waals surface area (Å²) in [4.78, 5) is 15.8. The van der Waals surface area contributed by atoms with E-state index in [-0.39, 0.29) is 11.6 Å². The van der Waals surface area contributed by atoms with E-state index in [4.69, 9.17) is 11.6 Å². The Bertz CT molecular complexity index is 986. The molecule has 0 fully saturated rings. The van der Waals surface area contributed by atoms with Crippen molar-refractivity contribution in [3.63, 3.8) is 0 Å². The van der Waals surface area contributed by atoms with Crippen LogP contribution in [0.1, 0.15) is 29.9 Å². The predicted molar refractivity (Wildman–Crippen MR) is 103 cm³/mol. The molecule has 7 heteroatoms. The molecule has 6 nitrogen and oxygen atoms in total. The largest absolute Gasteiger partial charge is 0.400 e. The molecule has 4 N–H and O–H groups in total. The number of hydrazine groups is 1. The number of aromatic nitrogens is 2. The molecule has 0 spiro atoms. The second kappa shape index (κ2) is 7.43. The number of carbonyl (C=O) groups is 1. The van der Waals surface area contributed by atoms with E-state index < -0.39 is 0 Å². The summed E-state index contributed by atoms with van der Waals surface area (Å²) in [5, 5.41) is 1.38. The third-order valence-corrected chi connectivity index (χ3v) is 4.12. The first-order chi connectivity index (χ1) is 12.9. The molecule has 0 aliphatic carbocycles. The smallest absolute Gasteiger partial charge is 0.159 e. The highest BCUT2D eigenvalue weighted by molar-refractivity contribution is 5.94. The molecule has 0 amide bonds. The number of carbonyl (C=O) groups excluding carboxylic acids is 1. The van der Waals surface area contributed by atoms with Crippen LogP contribution in [-0.2, 0) is 0 Å². The van der Waals surface area contributed by atoms with Crippen molar-refractivity contribution in [2.75, 3.05) is 5.01 Å². The maximum atomic E-state index is 13.2. The molecular weight excluding hydrogens is 345 g/mol. The van der Waals surface area contributed by atoms with Gasteiger partial charge in [-0.3, -0.25) is 9.80 Å². The molecule has 0 saturated heterocycles. The standard InChI is InChI=1S/C20H20FN5O/c1-13(22)20(26(23)18-9-5-16(21)6-10-18)19-11-25(12-24-19)17-7-3-15(4-8-17)14(2)27/h3-12H,22-23H2,1-2H3/b20-13-. The van der Waals surface area contributed by atoms with Gasteiger partial charge < -0.3 is 10.3 Å². The summed E-state index contributed by atoms with van der Waals surface area (Å²) in [6.45, 7) is 3.25. The Hall–Kier alpha value is -3.45. The average Bonchev–Trinajstić information content (AvgIpc) is 3.11. The van der Waals surface area contributed by atoms with Gasteiger partial charge in [0.15, 0.2) is 5.78 Å². The molecule has 0 radical (unpaired) electrons. The number of ketones is 1. The van der Waals surface area contributed by atoms with E-state index in [0.29, 0.717) is 28.3 Å². The molecule has 27 heavy (non-hydrogen) atoms. The van der Waals surface area contributed by atoms with Crippen molar-refractivity contribution in [1.29, 1.82) is 0 Å². The molecule has 3 aromatic rings. The Kier molecular flexibility index (Phi) is 5.05. The average molecular weight is 365 g/mol. The van der Waals surface area contributed by atoms with E-state index in [2.05, 4.69) is 4.98 Å². The first-order valence-corrected chi connectivity index (χ1v) is 8.29. The molecule has 1 heterocycles. The minimum Gasteiger partial charge on any atom is -0.400 e. The minimum atomic E-state index is -0.347. The number of rotatable bonds is 5. The van der Waals surface area contributed by atoms with Gasteiger partial charge in [-0.05, 0) is 62.4 Å². The molecule has 0 aliphatic rings. The second-order valence-electron chi connectivity index (χ2n) is 6.15. The number of anilines is 1. The number of hydrogen-bond donors (Lipinski definition) is 2. The van der Waals surface area contributed by atoms with Gasteiger partial charge in [-0.25, -0.2) is 15.2 Å². The third kappa shape index (κ3) is 3.88. The summed E-state index contributed by atoms with van der Waals surface area (Å²) in [5.74, 6) is 5.87. The van der Waals surface area contributed by atoms with Crippen LogP contribution in [0.15, 0.2) is 66.8 Å². The van der Waals surface area contributed by atoms with Crippen LogP contribution in [0.25, 0.3) is 11.4 Å². The summed E-state index contributed by atoms with van der Waals surface area (Å²) in [7, 11) is 0. The van der Waals surface area contributed by atoms with Gasteiger partial charge in [-0.15, -0.1) is 0 Å². The first kappa shape index (κ1) is 18.3. The number of halogens is 1. The van der Waals surface area contributed by atoms with Crippen molar-refractivity contribution in [1.82, 2.24) is 9.55 Å². The summed E-state index contributed by atoms with van der Waals surface area (Å²) in [5.41, 5.74) is 9.65. The van der Waals surface area contributed by atoms with E-state index in [1.807, 2.05) is 12.1 Å². The lowest BCUT2D eigenvalue weighted by Gasteiger charge is -2.22. The van der Waals surface area contributed by atoms with Crippen molar-refractivity contribution in [2.45, 2.75) is 13.8 Å². The van der Waals surface area contributed by atoms with Gasteiger partial charge in [0.1, 0.15) is 17.2 Å². The Labute approximate surface area is 156 Å². The number of allylic oxidation sites excluding steroid dienone is 1. The Morgan fingerprint density at radius 2 is 1.70 bits per heavy atom. The van der Waals surface area contributed by atoms with Crippen molar-refractivity contribution in [3.8, 4) is 5.69 Å². The van der Waals surface area contributed by atoms with E-state index in [1.54, 1.807) is 48.3 Å². The molecule has 0 bridgehead atoms. The van der Waals surface area contributed by atoms with Crippen LogP contribution in [0.3, 0.4) is 0 Å². The number of nitrogens with zero attached hydrogens (tertiary/aromatic N) is 3.